The van der Waals surface area contributed by atoms with Gasteiger partial charge in [-0.05, 0) is 49.9 Å². The van der Waals surface area contributed by atoms with Gasteiger partial charge in [0.05, 0.1) is 34.0 Å². The number of ether oxygens (including phenoxy) is 1. The van der Waals surface area contributed by atoms with Gasteiger partial charge < -0.3 is 20.7 Å². The van der Waals surface area contributed by atoms with E-state index in [2.05, 4.69) is 25.5 Å². The van der Waals surface area contributed by atoms with Crippen molar-refractivity contribution in [1.29, 1.82) is 10.5 Å². The van der Waals surface area contributed by atoms with Crippen LogP contribution in [0.15, 0.2) is 18.2 Å². The number of halogens is 3. The minimum atomic E-state index is -1.25. The molecule has 2 aromatic heterocycles. The van der Waals surface area contributed by atoms with E-state index in [1.165, 1.54) is 12.1 Å². The van der Waals surface area contributed by atoms with E-state index in [1.54, 1.807) is 4.90 Å². The van der Waals surface area contributed by atoms with Crippen molar-refractivity contribution in [2.75, 3.05) is 43.4 Å². The van der Waals surface area contributed by atoms with Crippen molar-refractivity contribution >= 4 is 55.1 Å². The number of hydrogen-bond donors (Lipinski definition) is 3. The number of amides is 3. The van der Waals surface area contributed by atoms with E-state index in [-0.39, 0.29) is 79.6 Å². The molecule has 0 aliphatic carbocycles. The third-order valence-electron chi connectivity index (χ3n) is 10.2. The number of nitrogen functional groups attached to an aromatic ring is 1. The van der Waals surface area contributed by atoms with E-state index in [0.717, 1.165) is 30.4 Å². The zero-order valence-corrected chi connectivity index (χ0v) is 26.7. The van der Waals surface area contributed by atoms with E-state index in [9.17, 15) is 28.9 Å². The molecule has 3 atom stereocenters. The number of benzene rings is 2. The van der Waals surface area contributed by atoms with Crippen LogP contribution < -0.4 is 26.0 Å². The molecule has 3 amide bonds. The Bertz CT molecular complexity index is 2200. The summed E-state index contributed by atoms with van der Waals surface area (Å²) in [5.41, 5.74) is 3.72. The molecule has 1 spiro atoms. The predicted molar refractivity (Wildman–Crippen MR) is 174 cm³/mol. The molecule has 8 rings (SSSR count). The number of carbonyl (C=O) groups excluding carboxylic acids is 2. The quantitative estimate of drug-likeness (QED) is 0.258. The number of alkyl halides is 1. The Morgan fingerprint density at radius 3 is 2.71 bits per heavy atom. The number of imide groups is 1. The van der Waals surface area contributed by atoms with Crippen molar-refractivity contribution in [3.8, 4) is 29.3 Å². The van der Waals surface area contributed by atoms with E-state index < -0.39 is 40.8 Å². The molecular weight excluding hydrogens is 659 g/mol. The molecule has 0 bridgehead atoms. The topological polar surface area (TPSA) is 173 Å². The summed E-state index contributed by atoms with van der Waals surface area (Å²) in [6, 6.07) is 7.04. The van der Waals surface area contributed by atoms with Crippen molar-refractivity contribution in [2.24, 2.45) is 0 Å². The molecule has 4 N–H and O–H groups in total. The number of nitrogens with one attached hydrogen (secondary N) is 2. The van der Waals surface area contributed by atoms with Crippen LogP contribution >= 0.6 is 11.3 Å². The maximum Gasteiger partial charge on any atom is 0.322 e. The normalized spacial score (nSPS) is 25.1. The summed E-state index contributed by atoms with van der Waals surface area (Å²) in [6.07, 6.45) is 1.71. The van der Waals surface area contributed by atoms with Gasteiger partial charge >= 0.3 is 12.0 Å². The Morgan fingerprint density at radius 1 is 1.14 bits per heavy atom. The number of rotatable bonds is 5. The van der Waals surface area contributed by atoms with Crippen LogP contribution in [0.2, 0.25) is 0 Å². The van der Waals surface area contributed by atoms with Crippen LogP contribution in [-0.4, -0.2) is 76.8 Å². The summed E-state index contributed by atoms with van der Waals surface area (Å²) in [5.74, 6) is -1.91. The Balaban J connectivity index is 1.31. The predicted octanol–water partition coefficient (Wildman–Crippen LogP) is 4.25. The minimum absolute atomic E-state index is 0.000918. The molecule has 0 unspecified atom stereocenters. The first kappa shape index (κ1) is 31.1. The third-order valence-corrected chi connectivity index (χ3v) is 11.3. The van der Waals surface area contributed by atoms with Gasteiger partial charge in [0.15, 0.2) is 5.82 Å². The van der Waals surface area contributed by atoms with Crippen LogP contribution in [0.5, 0.6) is 6.01 Å². The lowest BCUT2D eigenvalue weighted by Gasteiger charge is -2.39. The van der Waals surface area contributed by atoms with Crippen LogP contribution in [0.1, 0.15) is 43.2 Å². The van der Waals surface area contributed by atoms with Gasteiger partial charge in [0, 0.05) is 35.8 Å². The molecule has 12 nitrogen and oxygen atoms in total. The van der Waals surface area contributed by atoms with E-state index >= 15 is 4.39 Å². The van der Waals surface area contributed by atoms with Crippen LogP contribution in [-0.2, 0) is 4.79 Å². The van der Waals surface area contributed by atoms with Crippen molar-refractivity contribution in [3.63, 3.8) is 0 Å². The standard InChI is InChI=1S/C33H28F3N9O3S/c34-17-10-32(5-1-8-45(32)13-17)15-48-31-40-25-19(28(41-31)44-7-2-6-33(14-44)29(46)42-30(47)43-33)9-16(11-37)22(24(25)36)18-3-4-21(35)26-23(18)20(12-38)27(39)49-26/h3-4,9,17H,1-2,5-8,10,13-15,39H2,(H2,42,43,46,47)/t17-,32+,33-/m1/s1. The molecule has 2 aromatic carbocycles. The Kier molecular flexibility index (Phi) is 7.10. The smallest absolute Gasteiger partial charge is 0.322 e. The number of piperidine rings is 1. The number of nitrogens with zero attached hydrogens (tertiary/aromatic N) is 6. The number of fused-ring (bicyclic) bond motifs is 3. The van der Waals surface area contributed by atoms with Gasteiger partial charge in [0.1, 0.15) is 46.5 Å². The molecular formula is C33H28F3N9O3S. The highest BCUT2D eigenvalue weighted by Crippen LogP contribution is 2.45. The lowest BCUT2D eigenvalue weighted by Crippen LogP contribution is -2.58. The fraction of sp³-hybridized carbons (Fsp3) is 0.394. The summed E-state index contributed by atoms with van der Waals surface area (Å²) in [7, 11) is 0. The molecule has 0 saturated carbocycles. The average molecular weight is 688 g/mol. The van der Waals surface area contributed by atoms with Gasteiger partial charge in [-0.15, -0.1) is 11.3 Å². The molecule has 250 valence electrons. The van der Waals surface area contributed by atoms with Gasteiger partial charge in [0.2, 0.25) is 0 Å². The Morgan fingerprint density at radius 2 is 1.96 bits per heavy atom. The van der Waals surface area contributed by atoms with Gasteiger partial charge in [-0.25, -0.2) is 18.0 Å². The van der Waals surface area contributed by atoms with E-state index in [1.807, 2.05) is 12.1 Å². The number of nitrogens with two attached hydrogens (primary N) is 1. The summed E-state index contributed by atoms with van der Waals surface area (Å²) in [5, 5.41) is 25.5. The van der Waals surface area contributed by atoms with Crippen LogP contribution in [0, 0.1) is 34.3 Å². The average Bonchev–Trinajstić information content (AvgIpc) is 3.79. The van der Waals surface area contributed by atoms with Crippen LogP contribution in [0.3, 0.4) is 0 Å². The second-order valence-electron chi connectivity index (χ2n) is 13.1. The first-order valence-corrected chi connectivity index (χ1v) is 16.6. The fourth-order valence-corrected chi connectivity index (χ4v) is 9.01. The van der Waals surface area contributed by atoms with Crippen molar-refractivity contribution in [2.45, 2.75) is 49.4 Å². The van der Waals surface area contributed by atoms with Crippen LogP contribution in [0.4, 0.5) is 28.8 Å². The number of thiophene rings is 1. The van der Waals surface area contributed by atoms with E-state index in [4.69, 9.17) is 10.5 Å². The first-order chi connectivity index (χ1) is 23.6. The van der Waals surface area contributed by atoms with Crippen molar-refractivity contribution in [3.05, 3.63) is 41.0 Å². The highest BCUT2D eigenvalue weighted by Gasteiger charge is 2.50. The highest BCUT2D eigenvalue weighted by atomic mass is 32.1. The molecule has 4 aliphatic heterocycles. The molecule has 4 aromatic rings. The minimum Gasteiger partial charge on any atom is -0.461 e. The first-order valence-electron chi connectivity index (χ1n) is 15.8. The molecule has 6 heterocycles. The zero-order chi connectivity index (χ0) is 34.2. The monoisotopic (exact) mass is 687 g/mol. The van der Waals surface area contributed by atoms with Gasteiger partial charge in [-0.1, -0.05) is 6.07 Å². The fourth-order valence-electron chi connectivity index (χ4n) is 8.06. The summed E-state index contributed by atoms with van der Waals surface area (Å²) >= 11 is 0.850. The Hall–Kier alpha value is -5.19. The summed E-state index contributed by atoms with van der Waals surface area (Å²) in [4.78, 5) is 38.0. The number of urea groups is 1. The van der Waals surface area contributed by atoms with Crippen molar-refractivity contribution in [1.82, 2.24) is 25.5 Å². The maximum absolute atomic E-state index is 17.1. The second kappa shape index (κ2) is 11.2. The summed E-state index contributed by atoms with van der Waals surface area (Å²) < 4.78 is 52.8. The molecule has 0 radical (unpaired) electrons. The number of anilines is 2. The molecule has 49 heavy (non-hydrogen) atoms. The SMILES string of the molecule is N#Cc1cc2c(N3CCC[C@]4(C3)NC(=O)NC4=O)nc(OC[C@@]34CCCN3C[C@H](F)C4)nc2c(F)c1-c1ccc(F)c2sc(N)c(C#N)c12. The van der Waals surface area contributed by atoms with Crippen LogP contribution in [0.25, 0.3) is 32.1 Å². The van der Waals surface area contributed by atoms with Gasteiger partial charge in [0.25, 0.3) is 5.91 Å². The number of aromatic nitrogens is 2. The summed E-state index contributed by atoms with van der Waals surface area (Å²) in [6.45, 7) is 1.47. The highest BCUT2D eigenvalue weighted by molar-refractivity contribution is 7.23. The maximum atomic E-state index is 17.1. The molecule has 4 aliphatic rings. The largest absolute Gasteiger partial charge is 0.461 e. The lowest BCUT2D eigenvalue weighted by atomic mass is 9.89. The molecule has 4 fully saturated rings. The molecule has 4 saturated heterocycles. The third kappa shape index (κ3) is 4.73. The van der Waals surface area contributed by atoms with Gasteiger partial charge in [-0.3, -0.25) is 15.0 Å². The number of carbonyl (C=O) groups is 2. The zero-order valence-electron chi connectivity index (χ0n) is 25.9. The lowest BCUT2D eigenvalue weighted by molar-refractivity contribution is -0.124. The second-order valence-corrected chi connectivity index (χ2v) is 14.1. The number of hydrogen-bond acceptors (Lipinski definition) is 11. The number of nitriles is 2. The van der Waals surface area contributed by atoms with Gasteiger partial charge in [-0.2, -0.15) is 20.5 Å². The van der Waals surface area contributed by atoms with E-state index in [0.29, 0.717) is 32.4 Å². The molecule has 16 heteroatoms. The Labute approximate surface area is 281 Å². The van der Waals surface area contributed by atoms with Crippen molar-refractivity contribution < 1.29 is 27.5 Å².